The molecule has 0 bridgehead atoms. The smallest absolute Gasteiger partial charge is 0.338 e. The number of nitrogens with zero attached hydrogens (tertiary/aromatic N) is 1. The summed E-state index contributed by atoms with van der Waals surface area (Å²) in [6.07, 6.45) is 0. The van der Waals surface area contributed by atoms with Gasteiger partial charge in [0, 0.05) is 10.7 Å². The van der Waals surface area contributed by atoms with E-state index in [4.69, 9.17) is 16.3 Å². The van der Waals surface area contributed by atoms with Crippen molar-refractivity contribution in [3.8, 4) is 0 Å². The van der Waals surface area contributed by atoms with Gasteiger partial charge in [-0.15, -0.1) is 0 Å². The van der Waals surface area contributed by atoms with E-state index in [1.165, 1.54) is 18.2 Å². The third kappa shape index (κ3) is 4.78. The highest BCUT2D eigenvalue weighted by Crippen LogP contribution is 2.26. The third-order valence-electron chi connectivity index (χ3n) is 5.18. The van der Waals surface area contributed by atoms with Gasteiger partial charge < -0.3 is 10.1 Å². The Morgan fingerprint density at radius 3 is 2.39 bits per heavy atom. The third-order valence-corrected chi connectivity index (χ3v) is 5.59. The number of fused-ring (bicyclic) bond motifs is 1. The summed E-state index contributed by atoms with van der Waals surface area (Å²) >= 11 is 6.04. The second-order valence-electron chi connectivity index (χ2n) is 7.53. The number of ether oxygens (including phenoxy) is 1. The summed E-state index contributed by atoms with van der Waals surface area (Å²) in [6, 6.07) is 18.3. The molecular weight excluding hydrogens is 444 g/mol. The molecule has 7 nitrogen and oxygen atoms in total. The average Bonchev–Trinajstić information content (AvgIpc) is 3.05. The van der Waals surface area contributed by atoms with Crippen LogP contribution in [0.3, 0.4) is 0 Å². The topological polar surface area (TPSA) is 92.8 Å². The summed E-state index contributed by atoms with van der Waals surface area (Å²) in [5.41, 5.74) is 2.58. The molecule has 0 saturated heterocycles. The van der Waals surface area contributed by atoms with Crippen molar-refractivity contribution >= 4 is 41.0 Å². The van der Waals surface area contributed by atoms with E-state index < -0.39 is 30.3 Å². The van der Waals surface area contributed by atoms with Crippen LogP contribution in [0.1, 0.15) is 42.2 Å². The molecule has 0 spiro atoms. The number of anilines is 1. The minimum atomic E-state index is -0.781. The van der Waals surface area contributed by atoms with Crippen LogP contribution in [0.15, 0.2) is 66.7 Å². The molecule has 1 N–H and O–H groups in total. The number of esters is 1. The number of carbonyl (C=O) groups excluding carboxylic acids is 4. The van der Waals surface area contributed by atoms with Crippen LogP contribution in [0.2, 0.25) is 5.02 Å². The van der Waals surface area contributed by atoms with Crippen molar-refractivity contribution in [3.05, 3.63) is 99.6 Å². The van der Waals surface area contributed by atoms with Gasteiger partial charge in [0.15, 0.2) is 6.61 Å². The fourth-order valence-electron chi connectivity index (χ4n) is 3.41. The molecule has 4 rings (SSSR count). The zero-order valence-electron chi connectivity index (χ0n) is 17.6. The van der Waals surface area contributed by atoms with Crippen molar-refractivity contribution < 1.29 is 23.9 Å². The van der Waals surface area contributed by atoms with Gasteiger partial charge in [-0.25, -0.2) is 4.79 Å². The molecule has 0 radical (unpaired) electrons. The van der Waals surface area contributed by atoms with Gasteiger partial charge in [-0.3, -0.25) is 19.3 Å². The SMILES string of the molecule is Cc1ccc(NC(=O)COC(=O)c2ccc3c(c2)C(=O)N(Cc2ccccc2)C3=O)cc1Cl. The van der Waals surface area contributed by atoms with E-state index in [-0.39, 0.29) is 23.2 Å². The van der Waals surface area contributed by atoms with E-state index in [1.54, 1.807) is 18.2 Å². The van der Waals surface area contributed by atoms with Crippen molar-refractivity contribution in [2.75, 3.05) is 11.9 Å². The number of benzene rings is 3. The van der Waals surface area contributed by atoms with E-state index in [9.17, 15) is 19.2 Å². The average molecular weight is 463 g/mol. The summed E-state index contributed by atoms with van der Waals surface area (Å²) in [7, 11) is 0. The number of amides is 3. The minimum Gasteiger partial charge on any atom is -0.452 e. The number of nitrogens with one attached hydrogen (secondary N) is 1. The minimum absolute atomic E-state index is 0.0719. The molecule has 8 heteroatoms. The van der Waals surface area contributed by atoms with E-state index in [0.717, 1.165) is 16.0 Å². The summed E-state index contributed by atoms with van der Waals surface area (Å²) in [4.78, 5) is 51.1. The van der Waals surface area contributed by atoms with Gasteiger partial charge in [-0.1, -0.05) is 48.0 Å². The first-order valence-corrected chi connectivity index (χ1v) is 10.5. The highest BCUT2D eigenvalue weighted by atomic mass is 35.5. The molecule has 3 aromatic carbocycles. The predicted octanol–water partition coefficient (Wildman–Crippen LogP) is 4.24. The van der Waals surface area contributed by atoms with E-state index in [2.05, 4.69) is 5.32 Å². The molecule has 0 aromatic heterocycles. The van der Waals surface area contributed by atoms with Crippen molar-refractivity contribution in [3.63, 3.8) is 0 Å². The Hall–Kier alpha value is -3.97. The first-order valence-electron chi connectivity index (χ1n) is 10.1. The Kier molecular flexibility index (Phi) is 6.24. The lowest BCUT2D eigenvalue weighted by molar-refractivity contribution is -0.119. The van der Waals surface area contributed by atoms with E-state index in [1.807, 2.05) is 37.3 Å². The second-order valence-corrected chi connectivity index (χ2v) is 7.94. The molecule has 1 aliphatic rings. The first kappa shape index (κ1) is 22.2. The van der Waals surface area contributed by atoms with Gasteiger partial charge in [0.25, 0.3) is 17.7 Å². The summed E-state index contributed by atoms with van der Waals surface area (Å²) < 4.78 is 5.07. The Balaban J connectivity index is 1.40. The molecule has 33 heavy (non-hydrogen) atoms. The van der Waals surface area contributed by atoms with Crippen molar-refractivity contribution in [1.29, 1.82) is 0 Å². The molecule has 3 aromatic rings. The summed E-state index contributed by atoms with van der Waals surface area (Å²) in [5.74, 6) is -2.22. The quantitative estimate of drug-likeness (QED) is 0.437. The van der Waals surface area contributed by atoms with Crippen LogP contribution in [0, 0.1) is 6.92 Å². The summed E-state index contributed by atoms with van der Waals surface area (Å²) in [6.45, 7) is 1.45. The molecule has 3 amide bonds. The zero-order chi connectivity index (χ0) is 23.5. The standard InChI is InChI=1S/C25H19ClN2O5/c1-15-7-9-18(12-21(15)26)27-22(29)14-33-25(32)17-8-10-19-20(11-17)24(31)28(23(19)30)13-16-5-3-2-4-6-16/h2-12H,13-14H2,1H3,(H,27,29). The van der Waals surface area contributed by atoms with Crippen LogP contribution in [0.5, 0.6) is 0 Å². The van der Waals surface area contributed by atoms with Crippen LogP contribution in [0.25, 0.3) is 0 Å². The number of imide groups is 1. The highest BCUT2D eigenvalue weighted by Gasteiger charge is 2.36. The number of hydrogen-bond acceptors (Lipinski definition) is 5. The van der Waals surface area contributed by atoms with Crippen molar-refractivity contribution in [2.45, 2.75) is 13.5 Å². The van der Waals surface area contributed by atoms with Crippen LogP contribution in [0.4, 0.5) is 5.69 Å². The van der Waals surface area contributed by atoms with Crippen LogP contribution in [-0.4, -0.2) is 35.2 Å². The molecule has 1 aliphatic heterocycles. The van der Waals surface area contributed by atoms with Gasteiger partial charge in [0.2, 0.25) is 0 Å². The van der Waals surface area contributed by atoms with Gasteiger partial charge >= 0.3 is 5.97 Å². The van der Waals surface area contributed by atoms with Gasteiger partial charge in [-0.2, -0.15) is 0 Å². The molecule has 1 heterocycles. The van der Waals surface area contributed by atoms with Gasteiger partial charge in [-0.05, 0) is 48.4 Å². The lowest BCUT2D eigenvalue weighted by atomic mass is 10.1. The number of halogens is 1. The number of aryl methyl sites for hydroxylation is 1. The highest BCUT2D eigenvalue weighted by molar-refractivity contribution is 6.31. The normalized spacial score (nSPS) is 12.5. The molecule has 0 unspecified atom stereocenters. The van der Waals surface area contributed by atoms with Crippen LogP contribution >= 0.6 is 11.6 Å². The summed E-state index contributed by atoms with van der Waals surface area (Å²) in [5, 5.41) is 3.10. The maximum atomic E-state index is 12.8. The monoisotopic (exact) mass is 462 g/mol. The Labute approximate surface area is 194 Å². The van der Waals surface area contributed by atoms with Crippen LogP contribution < -0.4 is 5.32 Å². The Bertz CT molecular complexity index is 1270. The lowest BCUT2D eigenvalue weighted by Gasteiger charge is -2.13. The fourth-order valence-corrected chi connectivity index (χ4v) is 3.59. The molecule has 0 atom stereocenters. The Morgan fingerprint density at radius 1 is 0.939 bits per heavy atom. The van der Waals surface area contributed by atoms with Crippen molar-refractivity contribution in [2.24, 2.45) is 0 Å². The number of hydrogen-bond donors (Lipinski definition) is 1. The first-order chi connectivity index (χ1) is 15.8. The predicted molar refractivity (Wildman–Crippen MR) is 122 cm³/mol. The van der Waals surface area contributed by atoms with E-state index >= 15 is 0 Å². The number of carbonyl (C=O) groups is 4. The van der Waals surface area contributed by atoms with Gasteiger partial charge in [0.1, 0.15) is 0 Å². The molecule has 0 fully saturated rings. The molecular formula is C25H19ClN2O5. The molecule has 0 aliphatic carbocycles. The van der Waals surface area contributed by atoms with Crippen molar-refractivity contribution in [1.82, 2.24) is 4.90 Å². The maximum Gasteiger partial charge on any atom is 0.338 e. The lowest BCUT2D eigenvalue weighted by Crippen LogP contribution is -2.29. The molecule has 166 valence electrons. The number of rotatable bonds is 6. The molecule has 0 saturated carbocycles. The largest absolute Gasteiger partial charge is 0.452 e. The maximum absolute atomic E-state index is 12.8. The second kappa shape index (κ2) is 9.26. The zero-order valence-corrected chi connectivity index (χ0v) is 18.4. The Morgan fingerprint density at radius 2 is 1.67 bits per heavy atom. The van der Waals surface area contributed by atoms with Gasteiger partial charge in [0.05, 0.1) is 23.2 Å². The van der Waals surface area contributed by atoms with Crippen LogP contribution in [-0.2, 0) is 16.1 Å². The van der Waals surface area contributed by atoms with E-state index in [0.29, 0.717) is 10.7 Å². The fraction of sp³-hybridized carbons (Fsp3) is 0.120.